The average molecular weight is 411 g/mol. The van der Waals surface area contributed by atoms with E-state index in [2.05, 4.69) is 57.5 Å². The number of aromatic nitrogens is 1. The van der Waals surface area contributed by atoms with Gasteiger partial charge < -0.3 is 11.1 Å². The Kier molecular flexibility index (Phi) is 6.77. The Bertz CT molecular complexity index is 669. The molecule has 4 N–H and O–H groups in total. The summed E-state index contributed by atoms with van der Waals surface area (Å²) in [6.07, 6.45) is 1.78. The summed E-state index contributed by atoms with van der Waals surface area (Å²) in [6.45, 7) is 5.51. The van der Waals surface area contributed by atoms with E-state index in [1.807, 2.05) is 17.5 Å². The van der Waals surface area contributed by atoms with Gasteiger partial charge in [0.25, 0.3) is 0 Å². The van der Waals surface area contributed by atoms with Gasteiger partial charge >= 0.3 is 6.03 Å². The molecule has 0 unspecified atom stereocenters. The molecule has 24 heavy (non-hydrogen) atoms. The lowest BCUT2D eigenvalue weighted by atomic mass is 9.82. The van der Waals surface area contributed by atoms with E-state index in [1.165, 1.54) is 16.9 Å². The Labute approximate surface area is 155 Å². The van der Waals surface area contributed by atoms with E-state index in [4.69, 9.17) is 5.73 Å². The number of thiazole rings is 1. The molecule has 0 spiro atoms. The highest BCUT2D eigenvalue weighted by Gasteiger charge is 2.26. The summed E-state index contributed by atoms with van der Waals surface area (Å²) >= 11 is 4.89. The molecule has 1 aromatic carbocycles. The molecule has 2 amide bonds. The molecule has 7 heteroatoms. The number of hydrogen-bond donors (Lipinski definition) is 3. The van der Waals surface area contributed by atoms with Crippen molar-refractivity contribution in [3.05, 3.63) is 45.4 Å². The van der Waals surface area contributed by atoms with E-state index < -0.39 is 0 Å². The van der Waals surface area contributed by atoms with Crippen LogP contribution < -0.4 is 16.4 Å². The minimum absolute atomic E-state index is 0.227. The number of carbonyl (C=O) groups is 1. The second-order valence-electron chi connectivity index (χ2n) is 6.05. The van der Waals surface area contributed by atoms with Gasteiger partial charge in [0.1, 0.15) is 0 Å². The normalized spacial score (nSPS) is 11.3. The first-order valence-electron chi connectivity index (χ1n) is 7.90. The molecule has 0 radical (unpaired) electrons. The molecule has 0 bridgehead atoms. The number of rotatable bonds is 7. The molecule has 0 saturated heterocycles. The van der Waals surface area contributed by atoms with Gasteiger partial charge in [-0.2, -0.15) is 0 Å². The van der Waals surface area contributed by atoms with E-state index in [0.29, 0.717) is 18.2 Å². The predicted octanol–water partition coefficient (Wildman–Crippen LogP) is 4.09. The van der Waals surface area contributed by atoms with Crippen molar-refractivity contribution >= 4 is 38.4 Å². The second-order valence-corrected chi connectivity index (χ2v) is 7.82. The van der Waals surface area contributed by atoms with Crippen molar-refractivity contribution in [2.45, 2.75) is 32.1 Å². The molecule has 130 valence electrons. The van der Waals surface area contributed by atoms with Crippen molar-refractivity contribution in [2.75, 3.05) is 18.4 Å². The largest absolute Gasteiger partial charge is 0.338 e. The summed E-state index contributed by atoms with van der Waals surface area (Å²) in [5.41, 5.74) is 7.31. The SMILES string of the molecule is CC(C)(c1ccc(Br)cc1)c1csc(NC(=O)NCCCCN)n1. The van der Waals surface area contributed by atoms with Crippen LogP contribution in [0.4, 0.5) is 9.93 Å². The number of nitrogens with one attached hydrogen (secondary N) is 2. The summed E-state index contributed by atoms with van der Waals surface area (Å²) in [7, 11) is 0. The van der Waals surface area contributed by atoms with E-state index >= 15 is 0 Å². The second kappa shape index (κ2) is 8.60. The molecule has 5 nitrogen and oxygen atoms in total. The average Bonchev–Trinajstić information content (AvgIpc) is 3.01. The number of urea groups is 1. The van der Waals surface area contributed by atoms with Crippen molar-refractivity contribution in [3.63, 3.8) is 0 Å². The number of anilines is 1. The molecule has 0 fully saturated rings. The van der Waals surface area contributed by atoms with Gasteiger partial charge in [-0.15, -0.1) is 11.3 Å². The third-order valence-electron chi connectivity index (χ3n) is 3.85. The Balaban J connectivity index is 1.99. The standard InChI is InChI=1S/C17H23BrN4OS/c1-17(2,12-5-7-13(18)8-6-12)14-11-24-16(21-14)22-15(23)20-10-4-3-9-19/h5-8,11H,3-4,9-10,19H2,1-2H3,(H2,20,21,22,23). The van der Waals surface area contributed by atoms with Crippen molar-refractivity contribution < 1.29 is 4.79 Å². The van der Waals surface area contributed by atoms with Crippen LogP contribution in [-0.4, -0.2) is 24.1 Å². The van der Waals surface area contributed by atoms with Crippen molar-refractivity contribution in [1.82, 2.24) is 10.3 Å². The molecule has 0 atom stereocenters. The van der Waals surface area contributed by atoms with Crippen molar-refractivity contribution in [1.29, 1.82) is 0 Å². The van der Waals surface area contributed by atoms with Crippen LogP contribution >= 0.6 is 27.3 Å². The number of carbonyl (C=O) groups excluding carboxylic acids is 1. The molecular formula is C17H23BrN4OS. The molecule has 2 aromatic rings. The lowest BCUT2D eigenvalue weighted by molar-refractivity contribution is 0.252. The first kappa shape index (κ1) is 18.9. The number of nitrogens with two attached hydrogens (primary N) is 1. The van der Waals surface area contributed by atoms with Crippen molar-refractivity contribution in [3.8, 4) is 0 Å². The van der Waals surface area contributed by atoms with Gasteiger partial charge in [0.15, 0.2) is 5.13 Å². The summed E-state index contributed by atoms with van der Waals surface area (Å²) in [5.74, 6) is 0. The molecule has 0 saturated carbocycles. The van der Waals surface area contributed by atoms with Gasteiger partial charge in [-0.25, -0.2) is 9.78 Å². The number of benzene rings is 1. The number of unbranched alkanes of at least 4 members (excludes halogenated alkanes) is 1. The van der Waals surface area contributed by atoms with Gasteiger partial charge in [-0.1, -0.05) is 41.9 Å². The summed E-state index contributed by atoms with van der Waals surface area (Å²) < 4.78 is 1.05. The fraction of sp³-hybridized carbons (Fsp3) is 0.412. The first-order valence-corrected chi connectivity index (χ1v) is 9.57. The summed E-state index contributed by atoms with van der Waals surface area (Å²) in [6, 6.07) is 7.99. The zero-order valence-corrected chi connectivity index (χ0v) is 16.3. The number of hydrogen-bond acceptors (Lipinski definition) is 4. The maximum absolute atomic E-state index is 11.8. The third kappa shape index (κ3) is 5.03. The van der Waals surface area contributed by atoms with Crippen LogP contribution in [0.25, 0.3) is 0 Å². The summed E-state index contributed by atoms with van der Waals surface area (Å²) in [5, 5.41) is 8.19. The van der Waals surface area contributed by atoms with E-state index in [0.717, 1.165) is 23.0 Å². The minimum atomic E-state index is -0.227. The molecule has 1 heterocycles. The Morgan fingerprint density at radius 1 is 1.29 bits per heavy atom. The number of nitrogens with zero attached hydrogens (tertiary/aromatic N) is 1. The van der Waals surface area contributed by atoms with Crippen LogP contribution in [0.3, 0.4) is 0 Å². The molecular weight excluding hydrogens is 388 g/mol. The van der Waals surface area contributed by atoms with Crippen LogP contribution in [0.15, 0.2) is 34.1 Å². The van der Waals surface area contributed by atoms with Crippen LogP contribution in [0.2, 0.25) is 0 Å². The van der Waals surface area contributed by atoms with Crippen LogP contribution in [0.5, 0.6) is 0 Å². The third-order valence-corrected chi connectivity index (χ3v) is 5.13. The maximum Gasteiger partial charge on any atom is 0.321 e. The zero-order chi connectivity index (χ0) is 17.6. The van der Waals surface area contributed by atoms with Gasteiger partial charge in [0, 0.05) is 21.8 Å². The van der Waals surface area contributed by atoms with Crippen molar-refractivity contribution in [2.24, 2.45) is 5.73 Å². The monoisotopic (exact) mass is 410 g/mol. The highest BCUT2D eigenvalue weighted by atomic mass is 79.9. The Morgan fingerprint density at radius 3 is 2.67 bits per heavy atom. The van der Waals surface area contributed by atoms with Gasteiger partial charge in [-0.05, 0) is 37.1 Å². The van der Waals surface area contributed by atoms with Gasteiger partial charge in [0.05, 0.1) is 5.69 Å². The quantitative estimate of drug-likeness (QED) is 0.601. The molecule has 1 aromatic heterocycles. The highest BCUT2D eigenvalue weighted by molar-refractivity contribution is 9.10. The molecule has 0 aliphatic carbocycles. The van der Waals surface area contributed by atoms with E-state index in [9.17, 15) is 4.79 Å². The zero-order valence-electron chi connectivity index (χ0n) is 13.9. The number of amides is 2. The van der Waals surface area contributed by atoms with Crippen LogP contribution in [0.1, 0.15) is 37.9 Å². The van der Waals surface area contributed by atoms with Gasteiger partial charge in [0.2, 0.25) is 0 Å². The molecule has 0 aliphatic heterocycles. The topological polar surface area (TPSA) is 80.0 Å². The maximum atomic E-state index is 11.8. The molecule has 2 rings (SSSR count). The Hall–Kier alpha value is -1.44. The first-order chi connectivity index (χ1) is 11.4. The van der Waals surface area contributed by atoms with Crippen LogP contribution in [-0.2, 0) is 5.41 Å². The predicted molar refractivity (Wildman–Crippen MR) is 104 cm³/mol. The Morgan fingerprint density at radius 2 is 2.00 bits per heavy atom. The smallest absolute Gasteiger partial charge is 0.321 e. The fourth-order valence-electron chi connectivity index (χ4n) is 2.25. The summed E-state index contributed by atoms with van der Waals surface area (Å²) in [4.78, 5) is 16.4. The lowest BCUT2D eigenvalue weighted by Gasteiger charge is -2.23. The highest BCUT2D eigenvalue weighted by Crippen LogP contribution is 2.33. The van der Waals surface area contributed by atoms with Gasteiger partial charge in [-0.3, -0.25) is 5.32 Å². The minimum Gasteiger partial charge on any atom is -0.338 e. The van der Waals surface area contributed by atoms with Crippen LogP contribution in [0, 0.1) is 0 Å². The van der Waals surface area contributed by atoms with E-state index in [-0.39, 0.29) is 11.4 Å². The lowest BCUT2D eigenvalue weighted by Crippen LogP contribution is -2.29. The number of halogens is 1. The molecule has 0 aliphatic rings. The fourth-order valence-corrected chi connectivity index (χ4v) is 3.38. The van der Waals surface area contributed by atoms with E-state index in [1.54, 1.807) is 0 Å².